The molecule has 4 nitrogen and oxygen atoms in total. The molecule has 4 heteroatoms. The van der Waals surface area contributed by atoms with Gasteiger partial charge in [0.25, 0.3) is 0 Å². The second-order valence-electron chi connectivity index (χ2n) is 2.61. The largest absolute Gasteiger partial charge is 0.414 e. The Labute approximate surface area is 82.4 Å². The number of ether oxygens (including phenoxy) is 1. The molecule has 0 heterocycles. The van der Waals surface area contributed by atoms with Gasteiger partial charge in [-0.3, -0.25) is 0 Å². The topological polar surface area (TPSA) is 64.3 Å². The fraction of sp³-hybridized carbons (Fsp3) is 0.100. The normalized spacial score (nSPS) is 11.5. The predicted octanol–water partition coefficient (Wildman–Crippen LogP) is 1.25. The fourth-order valence-electron chi connectivity index (χ4n) is 0.820. The van der Waals surface area contributed by atoms with E-state index in [1.54, 1.807) is 24.3 Å². The molecule has 0 aliphatic heterocycles. The van der Waals surface area contributed by atoms with E-state index in [-0.39, 0.29) is 0 Å². The van der Waals surface area contributed by atoms with E-state index in [0.717, 1.165) is 0 Å². The molecule has 0 saturated carbocycles. The molecule has 0 aliphatic rings. The summed E-state index contributed by atoms with van der Waals surface area (Å²) in [6.07, 6.45) is 0.224. The Morgan fingerprint density at radius 2 is 2.14 bits per heavy atom. The molecule has 14 heavy (non-hydrogen) atoms. The maximum absolute atomic E-state index is 11.1. The van der Waals surface area contributed by atoms with Gasteiger partial charge in [0.1, 0.15) is 5.75 Å². The van der Waals surface area contributed by atoms with Crippen LogP contribution in [0.5, 0.6) is 5.75 Å². The number of hydrogen-bond donors (Lipinski definition) is 2. The summed E-state index contributed by atoms with van der Waals surface area (Å²) in [5.74, 6) is 0.473. The van der Waals surface area contributed by atoms with Crippen LogP contribution in [0.15, 0.2) is 43.0 Å². The number of carbonyl (C=O) groups is 1. The highest BCUT2D eigenvalue weighted by Gasteiger charge is 2.05. The summed E-state index contributed by atoms with van der Waals surface area (Å²) in [6, 6.07) is 8.74. The smallest absolute Gasteiger partial charge is 0.410 e. The van der Waals surface area contributed by atoms with Crippen molar-refractivity contribution in [1.82, 2.24) is 5.32 Å². The lowest BCUT2D eigenvalue weighted by molar-refractivity contribution is 0.198. The molecule has 0 radical (unpaired) electrons. The first kappa shape index (κ1) is 10.3. The van der Waals surface area contributed by atoms with Gasteiger partial charge >= 0.3 is 6.09 Å². The quantitative estimate of drug-likeness (QED) is 0.559. The molecule has 0 spiro atoms. The second-order valence-corrected chi connectivity index (χ2v) is 2.61. The summed E-state index contributed by atoms with van der Waals surface area (Å²) in [5.41, 5.74) is 5.40. The van der Waals surface area contributed by atoms with Crippen LogP contribution in [0, 0.1) is 0 Å². The van der Waals surface area contributed by atoms with E-state index >= 15 is 0 Å². The van der Waals surface area contributed by atoms with Crippen LogP contribution in [-0.4, -0.2) is 12.3 Å². The summed E-state index contributed by atoms with van der Waals surface area (Å²) >= 11 is 0. The minimum atomic E-state index is -0.594. The lowest BCUT2D eigenvalue weighted by Crippen LogP contribution is -2.41. The van der Waals surface area contributed by atoms with Crippen molar-refractivity contribution in [3.63, 3.8) is 0 Å². The monoisotopic (exact) mass is 192 g/mol. The SMILES string of the molecule is C=CC(N)NC(=O)Oc1ccccc1. The number of amides is 1. The van der Waals surface area contributed by atoms with Gasteiger partial charge in [0.15, 0.2) is 0 Å². The Hall–Kier alpha value is -1.81. The van der Waals surface area contributed by atoms with Crippen LogP contribution in [0.4, 0.5) is 4.79 Å². The molecule has 74 valence electrons. The van der Waals surface area contributed by atoms with Gasteiger partial charge in [0.2, 0.25) is 0 Å². The molecule has 1 aromatic rings. The highest BCUT2D eigenvalue weighted by molar-refractivity contribution is 5.70. The van der Waals surface area contributed by atoms with Gasteiger partial charge in [-0.25, -0.2) is 4.79 Å². The van der Waals surface area contributed by atoms with Crippen molar-refractivity contribution in [1.29, 1.82) is 0 Å². The summed E-state index contributed by atoms with van der Waals surface area (Å²) in [4.78, 5) is 11.1. The van der Waals surface area contributed by atoms with Crippen molar-refractivity contribution >= 4 is 6.09 Å². The van der Waals surface area contributed by atoms with E-state index in [9.17, 15) is 4.79 Å². The standard InChI is InChI=1S/C10H12N2O2/c1-2-9(11)12-10(13)14-8-6-4-3-5-7-8/h2-7,9H,1,11H2,(H,12,13). The van der Waals surface area contributed by atoms with Crippen molar-refractivity contribution < 1.29 is 9.53 Å². The molecule has 1 aromatic carbocycles. The van der Waals surface area contributed by atoms with Gasteiger partial charge in [-0.15, -0.1) is 0 Å². The average Bonchev–Trinajstić information content (AvgIpc) is 2.19. The van der Waals surface area contributed by atoms with Crippen LogP contribution in [0.25, 0.3) is 0 Å². The highest BCUT2D eigenvalue weighted by atomic mass is 16.6. The lowest BCUT2D eigenvalue weighted by atomic mass is 10.3. The molecule has 0 bridgehead atoms. The van der Waals surface area contributed by atoms with Crippen molar-refractivity contribution in [2.75, 3.05) is 0 Å². The second kappa shape index (κ2) is 5.04. The molecule has 0 aromatic heterocycles. The summed E-state index contributed by atoms with van der Waals surface area (Å²) in [5, 5.41) is 2.38. The minimum absolute atomic E-state index is 0.473. The maximum atomic E-state index is 11.1. The van der Waals surface area contributed by atoms with E-state index in [0.29, 0.717) is 5.75 Å². The van der Waals surface area contributed by atoms with E-state index in [1.165, 1.54) is 6.08 Å². The Kier molecular flexibility index (Phi) is 3.69. The van der Waals surface area contributed by atoms with Crippen molar-refractivity contribution in [2.45, 2.75) is 6.17 Å². The molecule has 3 N–H and O–H groups in total. The fourth-order valence-corrected chi connectivity index (χ4v) is 0.820. The summed E-state index contributed by atoms with van der Waals surface area (Å²) < 4.78 is 4.91. The molecule has 1 atom stereocenters. The third-order valence-corrected chi connectivity index (χ3v) is 1.49. The predicted molar refractivity (Wildman–Crippen MR) is 53.8 cm³/mol. The zero-order valence-electron chi connectivity index (χ0n) is 7.64. The third kappa shape index (κ3) is 3.28. The zero-order chi connectivity index (χ0) is 10.4. The van der Waals surface area contributed by atoms with E-state index in [1.807, 2.05) is 6.07 Å². The molecule has 1 rings (SSSR count). The van der Waals surface area contributed by atoms with Crippen LogP contribution in [0.3, 0.4) is 0 Å². The number of nitrogens with one attached hydrogen (secondary N) is 1. The molecule has 0 saturated heterocycles. The Morgan fingerprint density at radius 3 is 2.71 bits per heavy atom. The van der Waals surface area contributed by atoms with Crippen LogP contribution >= 0.6 is 0 Å². The van der Waals surface area contributed by atoms with Crippen molar-refractivity contribution in [2.24, 2.45) is 5.73 Å². The summed E-state index contributed by atoms with van der Waals surface area (Å²) in [6.45, 7) is 3.43. The number of rotatable bonds is 3. The Bertz CT molecular complexity index is 311. The molecule has 0 fully saturated rings. The number of hydrogen-bond acceptors (Lipinski definition) is 3. The molecule has 1 unspecified atom stereocenters. The van der Waals surface area contributed by atoms with Crippen molar-refractivity contribution in [3.05, 3.63) is 43.0 Å². The van der Waals surface area contributed by atoms with Gasteiger partial charge in [0.05, 0.1) is 6.17 Å². The van der Waals surface area contributed by atoms with Gasteiger partial charge in [0, 0.05) is 0 Å². The van der Waals surface area contributed by atoms with Gasteiger partial charge in [-0.2, -0.15) is 0 Å². The lowest BCUT2D eigenvalue weighted by Gasteiger charge is -2.09. The van der Waals surface area contributed by atoms with Crippen LogP contribution in [0.1, 0.15) is 0 Å². The Morgan fingerprint density at radius 1 is 1.50 bits per heavy atom. The van der Waals surface area contributed by atoms with Gasteiger partial charge in [-0.05, 0) is 12.1 Å². The van der Waals surface area contributed by atoms with E-state index < -0.39 is 12.3 Å². The molecule has 0 aliphatic carbocycles. The third-order valence-electron chi connectivity index (χ3n) is 1.49. The number of benzene rings is 1. The highest BCUT2D eigenvalue weighted by Crippen LogP contribution is 2.07. The van der Waals surface area contributed by atoms with E-state index in [4.69, 9.17) is 10.5 Å². The van der Waals surface area contributed by atoms with Crippen LogP contribution in [0.2, 0.25) is 0 Å². The number of nitrogens with two attached hydrogens (primary N) is 1. The number of carbonyl (C=O) groups excluding carboxylic acids is 1. The molecular weight excluding hydrogens is 180 g/mol. The minimum Gasteiger partial charge on any atom is -0.410 e. The van der Waals surface area contributed by atoms with Crippen LogP contribution in [-0.2, 0) is 0 Å². The molecule has 1 amide bonds. The van der Waals surface area contributed by atoms with Crippen LogP contribution < -0.4 is 15.8 Å². The van der Waals surface area contributed by atoms with Gasteiger partial charge in [-0.1, -0.05) is 30.9 Å². The zero-order valence-corrected chi connectivity index (χ0v) is 7.64. The average molecular weight is 192 g/mol. The number of para-hydroxylation sites is 1. The first-order valence-corrected chi connectivity index (χ1v) is 4.14. The van der Waals surface area contributed by atoms with E-state index in [2.05, 4.69) is 11.9 Å². The van der Waals surface area contributed by atoms with Crippen molar-refractivity contribution in [3.8, 4) is 5.75 Å². The molecular formula is C10H12N2O2. The van der Waals surface area contributed by atoms with Gasteiger partial charge < -0.3 is 15.8 Å². The Balaban J connectivity index is 2.46. The first-order chi connectivity index (χ1) is 6.72. The first-order valence-electron chi connectivity index (χ1n) is 4.14. The maximum Gasteiger partial charge on any atom is 0.414 e. The summed E-state index contributed by atoms with van der Waals surface area (Å²) in [7, 11) is 0.